The number of hydrogen-bond donors (Lipinski definition) is 1. The lowest BCUT2D eigenvalue weighted by Gasteiger charge is -2.29. The van der Waals surface area contributed by atoms with Crippen molar-refractivity contribution in [1.29, 1.82) is 0 Å². The van der Waals surface area contributed by atoms with Gasteiger partial charge in [-0.15, -0.1) is 22.7 Å². The Hall–Kier alpha value is -1.24. The van der Waals surface area contributed by atoms with Crippen LogP contribution in [0.3, 0.4) is 0 Å². The number of rotatable bonds is 4. The van der Waals surface area contributed by atoms with Crippen LogP contribution in [-0.2, 0) is 11.3 Å². The Morgan fingerprint density at radius 1 is 1.50 bits per heavy atom. The van der Waals surface area contributed by atoms with Crippen molar-refractivity contribution in [3.8, 4) is 9.88 Å². The van der Waals surface area contributed by atoms with Gasteiger partial charge in [0.15, 0.2) is 0 Å². The van der Waals surface area contributed by atoms with Gasteiger partial charge in [0.2, 0.25) is 0 Å². The van der Waals surface area contributed by atoms with Crippen LogP contribution in [0.5, 0.6) is 0 Å². The summed E-state index contributed by atoms with van der Waals surface area (Å²) in [6, 6.07) is 4.11. The fourth-order valence-corrected chi connectivity index (χ4v) is 4.15. The summed E-state index contributed by atoms with van der Waals surface area (Å²) in [5.74, 6) is -0.897. The van der Waals surface area contributed by atoms with Gasteiger partial charge in [0, 0.05) is 18.5 Å². The highest BCUT2D eigenvalue weighted by Crippen LogP contribution is 2.28. The van der Waals surface area contributed by atoms with Crippen molar-refractivity contribution >= 4 is 28.6 Å². The van der Waals surface area contributed by atoms with Gasteiger partial charge in [-0.05, 0) is 30.8 Å². The van der Waals surface area contributed by atoms with E-state index in [1.807, 2.05) is 6.07 Å². The molecule has 1 atom stereocenters. The third-order valence-electron chi connectivity index (χ3n) is 3.52. The smallest absolute Gasteiger partial charge is 0.307 e. The zero-order chi connectivity index (χ0) is 13.9. The molecule has 1 aliphatic rings. The van der Waals surface area contributed by atoms with E-state index in [1.54, 1.807) is 22.7 Å². The standard InChI is InChI=1S/C14H16N2O2S2/c17-14(18)10-3-1-5-16(7-10)8-11-9-20-13(15-11)12-4-2-6-19-12/h2,4,6,9-10H,1,3,5,7-8H2,(H,17,18). The van der Waals surface area contributed by atoms with Crippen molar-refractivity contribution in [2.45, 2.75) is 19.4 Å². The van der Waals surface area contributed by atoms with Crippen LogP contribution in [0.2, 0.25) is 0 Å². The van der Waals surface area contributed by atoms with Crippen molar-refractivity contribution in [2.24, 2.45) is 5.92 Å². The molecule has 4 nitrogen and oxygen atoms in total. The van der Waals surface area contributed by atoms with Gasteiger partial charge in [0.25, 0.3) is 0 Å². The molecule has 6 heteroatoms. The molecule has 1 N–H and O–H groups in total. The number of aliphatic carboxylic acids is 1. The summed E-state index contributed by atoms with van der Waals surface area (Å²) in [6.45, 7) is 2.36. The lowest BCUT2D eigenvalue weighted by Crippen LogP contribution is -2.38. The third kappa shape index (κ3) is 3.08. The molecule has 106 valence electrons. The van der Waals surface area contributed by atoms with E-state index in [0.717, 1.165) is 36.6 Å². The number of likely N-dealkylation sites (tertiary alicyclic amines) is 1. The number of hydrogen-bond acceptors (Lipinski definition) is 5. The lowest BCUT2D eigenvalue weighted by atomic mass is 9.98. The van der Waals surface area contributed by atoms with E-state index in [4.69, 9.17) is 5.11 Å². The fraction of sp³-hybridized carbons (Fsp3) is 0.429. The summed E-state index contributed by atoms with van der Waals surface area (Å²) >= 11 is 3.36. The number of carboxylic acid groups (broad SMARTS) is 1. The van der Waals surface area contributed by atoms with E-state index < -0.39 is 5.97 Å². The lowest BCUT2D eigenvalue weighted by molar-refractivity contribution is -0.143. The van der Waals surface area contributed by atoms with Gasteiger partial charge >= 0.3 is 5.97 Å². The van der Waals surface area contributed by atoms with Crippen molar-refractivity contribution in [2.75, 3.05) is 13.1 Å². The summed E-state index contributed by atoms with van der Waals surface area (Å²) in [4.78, 5) is 19.1. The van der Waals surface area contributed by atoms with Gasteiger partial charge in [-0.2, -0.15) is 0 Å². The van der Waals surface area contributed by atoms with E-state index >= 15 is 0 Å². The Labute approximate surface area is 125 Å². The number of piperidine rings is 1. The van der Waals surface area contributed by atoms with Crippen LogP contribution in [0.15, 0.2) is 22.9 Å². The first-order valence-corrected chi connectivity index (χ1v) is 8.42. The summed E-state index contributed by atoms with van der Waals surface area (Å²) < 4.78 is 0. The molecule has 0 saturated carbocycles. The average Bonchev–Trinajstić information content (AvgIpc) is 3.09. The highest BCUT2D eigenvalue weighted by molar-refractivity contribution is 7.20. The molecule has 1 fully saturated rings. The van der Waals surface area contributed by atoms with Gasteiger partial charge < -0.3 is 5.11 Å². The molecule has 1 saturated heterocycles. The Bertz CT molecular complexity index is 580. The molecule has 0 radical (unpaired) electrons. The number of nitrogens with zero attached hydrogens (tertiary/aromatic N) is 2. The predicted octanol–water partition coefficient (Wildman–Crippen LogP) is 3.17. The SMILES string of the molecule is O=C(O)C1CCCN(Cc2csc(-c3cccs3)n2)C1. The Morgan fingerprint density at radius 3 is 3.15 bits per heavy atom. The van der Waals surface area contributed by atoms with Crippen LogP contribution in [0.25, 0.3) is 9.88 Å². The quantitative estimate of drug-likeness (QED) is 0.942. The molecule has 0 spiro atoms. The van der Waals surface area contributed by atoms with Gasteiger partial charge in [0.1, 0.15) is 5.01 Å². The summed E-state index contributed by atoms with van der Waals surface area (Å²) in [5.41, 5.74) is 1.05. The molecular formula is C14H16N2O2S2. The maximum absolute atomic E-state index is 11.1. The predicted molar refractivity (Wildman–Crippen MR) is 81.1 cm³/mol. The molecule has 0 aromatic carbocycles. The number of thiophene rings is 1. The molecule has 20 heavy (non-hydrogen) atoms. The molecule has 0 aliphatic carbocycles. The summed E-state index contributed by atoms with van der Waals surface area (Å²) in [6.07, 6.45) is 1.75. The number of thiazole rings is 1. The van der Waals surface area contributed by atoms with Crippen LogP contribution in [0.1, 0.15) is 18.5 Å². The molecule has 0 amide bonds. The Kier molecular flexibility index (Phi) is 4.14. The molecule has 2 aromatic heterocycles. The van der Waals surface area contributed by atoms with Crippen LogP contribution in [0.4, 0.5) is 0 Å². The van der Waals surface area contributed by atoms with Gasteiger partial charge in [-0.1, -0.05) is 6.07 Å². The largest absolute Gasteiger partial charge is 0.481 e. The first kappa shape index (κ1) is 13.7. The zero-order valence-corrected chi connectivity index (χ0v) is 12.6. The van der Waals surface area contributed by atoms with Gasteiger partial charge in [0.05, 0.1) is 16.5 Å². The number of carboxylic acids is 1. The fourth-order valence-electron chi connectivity index (χ4n) is 2.52. The van der Waals surface area contributed by atoms with E-state index in [-0.39, 0.29) is 5.92 Å². The Morgan fingerprint density at radius 2 is 2.40 bits per heavy atom. The topological polar surface area (TPSA) is 53.4 Å². The average molecular weight is 308 g/mol. The molecule has 3 heterocycles. The summed E-state index contributed by atoms with van der Waals surface area (Å²) in [5, 5.41) is 14.3. The number of aromatic nitrogens is 1. The van der Waals surface area contributed by atoms with Crippen LogP contribution < -0.4 is 0 Å². The molecular weight excluding hydrogens is 292 g/mol. The maximum atomic E-state index is 11.1. The number of carbonyl (C=O) groups is 1. The van der Waals surface area contributed by atoms with Crippen molar-refractivity contribution < 1.29 is 9.90 Å². The molecule has 3 rings (SSSR count). The summed E-state index contributed by atoms with van der Waals surface area (Å²) in [7, 11) is 0. The van der Waals surface area contributed by atoms with E-state index in [1.165, 1.54) is 4.88 Å². The third-order valence-corrected chi connectivity index (χ3v) is 5.45. The first-order valence-electron chi connectivity index (χ1n) is 6.66. The highest BCUT2D eigenvalue weighted by atomic mass is 32.1. The minimum Gasteiger partial charge on any atom is -0.481 e. The van der Waals surface area contributed by atoms with Crippen molar-refractivity contribution in [3.05, 3.63) is 28.6 Å². The van der Waals surface area contributed by atoms with Crippen molar-refractivity contribution in [3.63, 3.8) is 0 Å². The van der Waals surface area contributed by atoms with Crippen LogP contribution in [0, 0.1) is 5.92 Å². The van der Waals surface area contributed by atoms with E-state index in [0.29, 0.717) is 6.54 Å². The molecule has 2 aromatic rings. The second-order valence-corrected chi connectivity index (χ2v) is 6.84. The minimum absolute atomic E-state index is 0.223. The van der Waals surface area contributed by atoms with Gasteiger partial charge in [-0.25, -0.2) is 4.98 Å². The second-order valence-electron chi connectivity index (χ2n) is 5.03. The van der Waals surface area contributed by atoms with Crippen LogP contribution in [-0.4, -0.2) is 34.0 Å². The maximum Gasteiger partial charge on any atom is 0.307 e. The zero-order valence-electron chi connectivity index (χ0n) is 11.0. The minimum atomic E-state index is -0.674. The van der Waals surface area contributed by atoms with Crippen LogP contribution >= 0.6 is 22.7 Å². The highest BCUT2D eigenvalue weighted by Gasteiger charge is 2.25. The monoisotopic (exact) mass is 308 g/mol. The first-order chi connectivity index (χ1) is 9.72. The van der Waals surface area contributed by atoms with E-state index in [2.05, 4.69) is 26.7 Å². The van der Waals surface area contributed by atoms with Crippen molar-refractivity contribution in [1.82, 2.24) is 9.88 Å². The molecule has 1 unspecified atom stereocenters. The normalized spacial score (nSPS) is 20.1. The van der Waals surface area contributed by atoms with Gasteiger partial charge in [-0.3, -0.25) is 9.69 Å². The van der Waals surface area contributed by atoms with E-state index in [9.17, 15) is 4.79 Å². The molecule has 1 aliphatic heterocycles. The second kappa shape index (κ2) is 6.03. The Balaban J connectivity index is 1.64. The molecule has 0 bridgehead atoms.